The van der Waals surface area contributed by atoms with Crippen LogP contribution in [0.25, 0.3) is 22.3 Å². The molecular formula is C35H41IN6O6S. The number of benzene rings is 1. The van der Waals surface area contributed by atoms with Crippen molar-refractivity contribution in [3.63, 3.8) is 0 Å². The second-order valence-corrected chi connectivity index (χ2v) is 15.0. The number of carbonyl (C=O) groups excluding carboxylic acids is 4. The molecule has 1 aromatic carbocycles. The lowest BCUT2D eigenvalue weighted by Crippen LogP contribution is -2.52. The van der Waals surface area contributed by atoms with Gasteiger partial charge in [-0.25, -0.2) is 9.97 Å². The molecule has 0 spiro atoms. The van der Waals surface area contributed by atoms with Crippen molar-refractivity contribution >= 4 is 68.3 Å². The largest absolute Gasteiger partial charge is 0.494 e. The molecule has 3 aromatic heterocycles. The monoisotopic (exact) mass is 800 g/mol. The van der Waals surface area contributed by atoms with Crippen molar-refractivity contribution in [1.82, 2.24) is 30.1 Å². The summed E-state index contributed by atoms with van der Waals surface area (Å²) in [5.74, 6) is -1.47. The first-order valence-electron chi connectivity index (χ1n) is 16.0. The van der Waals surface area contributed by atoms with Crippen LogP contribution in [0.1, 0.15) is 71.1 Å². The number of thiazole rings is 1. The third kappa shape index (κ3) is 8.47. The van der Waals surface area contributed by atoms with Crippen LogP contribution >= 0.6 is 33.9 Å². The fourth-order valence-corrected chi connectivity index (χ4v) is 7.57. The van der Waals surface area contributed by atoms with E-state index in [-0.39, 0.29) is 41.1 Å². The number of pyridine rings is 1. The van der Waals surface area contributed by atoms with Crippen LogP contribution in [0.5, 0.6) is 5.75 Å². The van der Waals surface area contributed by atoms with Crippen molar-refractivity contribution in [3.05, 3.63) is 64.2 Å². The first kappa shape index (κ1) is 36.4. The van der Waals surface area contributed by atoms with Gasteiger partial charge in [-0.1, -0.05) is 40.8 Å². The maximum atomic E-state index is 13.6. The molecule has 4 heterocycles. The smallest absolute Gasteiger partial charge is 0.295 e. The van der Waals surface area contributed by atoms with Gasteiger partial charge in [0.15, 0.2) is 5.01 Å². The van der Waals surface area contributed by atoms with E-state index in [1.165, 1.54) is 35.7 Å². The third-order valence-electron chi connectivity index (χ3n) is 8.52. The average Bonchev–Trinajstić information content (AvgIpc) is 3.76. The number of carbonyl (C=O) groups is 4. The highest BCUT2D eigenvalue weighted by Crippen LogP contribution is 2.35. The van der Waals surface area contributed by atoms with E-state index in [1.54, 1.807) is 34.5 Å². The number of rotatable bonds is 13. The van der Waals surface area contributed by atoms with E-state index >= 15 is 0 Å². The lowest BCUT2D eigenvalue weighted by molar-refractivity contribution is -0.127. The number of ether oxygens (including phenoxy) is 2. The molecule has 12 nitrogen and oxygen atoms in total. The van der Waals surface area contributed by atoms with Crippen LogP contribution in [0.15, 0.2) is 48.1 Å². The molecule has 49 heavy (non-hydrogen) atoms. The van der Waals surface area contributed by atoms with Gasteiger partial charge in [0.05, 0.1) is 35.4 Å². The van der Waals surface area contributed by atoms with Gasteiger partial charge in [0, 0.05) is 59.9 Å². The maximum Gasteiger partial charge on any atom is 0.295 e. The summed E-state index contributed by atoms with van der Waals surface area (Å²) in [7, 11) is 1.46. The summed E-state index contributed by atoms with van der Waals surface area (Å²) >= 11 is 3.53. The van der Waals surface area contributed by atoms with Gasteiger partial charge in [0.25, 0.3) is 23.5 Å². The number of piperazine rings is 1. The summed E-state index contributed by atoms with van der Waals surface area (Å²) in [6.45, 7) is 9.65. The molecular weight excluding hydrogens is 759 g/mol. The van der Waals surface area contributed by atoms with Crippen molar-refractivity contribution in [2.24, 2.45) is 0 Å². The number of methoxy groups -OCH3 is 1. The van der Waals surface area contributed by atoms with Crippen molar-refractivity contribution in [1.29, 1.82) is 0 Å². The van der Waals surface area contributed by atoms with Gasteiger partial charge < -0.3 is 29.6 Å². The second kappa shape index (κ2) is 15.3. The molecule has 4 aromatic rings. The number of aromatic amines is 1. The van der Waals surface area contributed by atoms with Crippen LogP contribution in [0, 0.1) is 0 Å². The molecule has 0 bridgehead atoms. The molecule has 0 saturated carbocycles. The van der Waals surface area contributed by atoms with E-state index in [1.807, 2.05) is 19.9 Å². The lowest BCUT2D eigenvalue weighted by Gasteiger charge is -2.34. The lowest BCUT2D eigenvalue weighted by atomic mass is 10.0. The number of hydrogen-bond donors (Lipinski definition) is 2. The van der Waals surface area contributed by atoms with E-state index in [9.17, 15) is 19.2 Å². The molecule has 1 fully saturated rings. The molecule has 0 aliphatic carbocycles. The Hall–Kier alpha value is -3.89. The summed E-state index contributed by atoms with van der Waals surface area (Å²) in [5.41, 5.74) is 1.28. The van der Waals surface area contributed by atoms with E-state index in [4.69, 9.17) is 9.47 Å². The Morgan fingerprint density at radius 1 is 1.02 bits per heavy atom. The molecule has 14 heteroatoms. The molecule has 1 saturated heterocycles. The quantitative estimate of drug-likeness (QED) is 0.0794. The predicted molar refractivity (Wildman–Crippen MR) is 197 cm³/mol. The predicted octanol–water partition coefficient (Wildman–Crippen LogP) is 5.38. The van der Waals surface area contributed by atoms with Crippen molar-refractivity contribution < 1.29 is 28.7 Å². The Morgan fingerprint density at radius 3 is 2.39 bits per heavy atom. The Morgan fingerprint density at radius 2 is 1.71 bits per heavy atom. The van der Waals surface area contributed by atoms with E-state index in [2.05, 4.69) is 56.7 Å². The van der Waals surface area contributed by atoms with E-state index < -0.39 is 17.2 Å². The summed E-state index contributed by atoms with van der Waals surface area (Å²) in [4.78, 5) is 68.4. The van der Waals surface area contributed by atoms with Crippen molar-refractivity contribution in [2.75, 3.05) is 44.3 Å². The number of Topliss-reactive ketones (excluding diaryl/α,β-unsaturated/α-hetero) is 1. The van der Waals surface area contributed by atoms with Crippen LogP contribution in [-0.2, 0) is 9.53 Å². The van der Waals surface area contributed by atoms with Gasteiger partial charge >= 0.3 is 0 Å². The Balaban J connectivity index is 1.28. The normalized spacial score (nSPS) is 13.8. The van der Waals surface area contributed by atoms with Gasteiger partial charge in [-0.05, 0) is 52.7 Å². The number of nitrogens with zero attached hydrogens (tertiary/aromatic N) is 4. The molecule has 0 atom stereocenters. The zero-order valence-electron chi connectivity index (χ0n) is 28.3. The molecule has 1 aliphatic rings. The number of fused-ring (bicyclic) bond motifs is 1. The minimum absolute atomic E-state index is 0.108. The summed E-state index contributed by atoms with van der Waals surface area (Å²) in [6, 6.07) is 8.97. The molecule has 260 valence electrons. The highest BCUT2D eigenvalue weighted by molar-refractivity contribution is 14.1. The van der Waals surface area contributed by atoms with Gasteiger partial charge in [-0.3, -0.25) is 19.2 Å². The first-order chi connectivity index (χ1) is 23.3. The molecule has 5 rings (SSSR count). The Labute approximate surface area is 303 Å². The number of hydrogen-bond acceptors (Lipinski definition) is 9. The summed E-state index contributed by atoms with van der Waals surface area (Å²) in [6.07, 6.45) is 4.52. The highest BCUT2D eigenvalue weighted by atomic mass is 127. The third-order valence-corrected chi connectivity index (χ3v) is 9.90. The van der Waals surface area contributed by atoms with Gasteiger partial charge in [-0.15, -0.1) is 11.3 Å². The van der Waals surface area contributed by atoms with Gasteiger partial charge in [-0.2, -0.15) is 0 Å². The van der Waals surface area contributed by atoms with Crippen molar-refractivity contribution in [3.8, 4) is 17.1 Å². The van der Waals surface area contributed by atoms with Crippen LogP contribution in [-0.4, -0.2) is 104 Å². The zero-order chi connectivity index (χ0) is 35.3. The van der Waals surface area contributed by atoms with Gasteiger partial charge in [0.1, 0.15) is 17.1 Å². The minimum Gasteiger partial charge on any atom is -0.494 e. The van der Waals surface area contributed by atoms with Crippen LogP contribution in [0.2, 0.25) is 0 Å². The minimum atomic E-state index is -0.702. The number of alkyl halides is 1. The highest BCUT2D eigenvalue weighted by Gasteiger charge is 2.32. The first-order valence-corrected chi connectivity index (χ1v) is 18.4. The number of ketones is 1. The Bertz CT molecular complexity index is 1830. The summed E-state index contributed by atoms with van der Waals surface area (Å²) in [5, 5.41) is 5.46. The Kier molecular flexibility index (Phi) is 11.4. The van der Waals surface area contributed by atoms with Crippen LogP contribution in [0.4, 0.5) is 0 Å². The number of aromatic nitrogens is 3. The van der Waals surface area contributed by atoms with Gasteiger partial charge in [0.2, 0.25) is 0 Å². The number of halogens is 1. The van der Waals surface area contributed by atoms with Crippen molar-refractivity contribution in [2.45, 2.75) is 51.7 Å². The number of H-pyrrole nitrogens is 1. The van der Waals surface area contributed by atoms with E-state index in [0.29, 0.717) is 59.7 Å². The molecule has 1 aliphatic heterocycles. The van der Waals surface area contributed by atoms with Crippen LogP contribution in [0.3, 0.4) is 0 Å². The number of nitrogens with one attached hydrogen (secondary N) is 2. The SMILES string of the molecule is COc1cnc(-c2csc(C(=O)NC(C)(C)CCOC(C)(C)CCI)n2)c2[nH]cc(C(=O)C(=O)N3CCN(C(=O)c4ccccc4)CC3)c12. The number of amides is 3. The molecule has 3 amide bonds. The van der Waals surface area contributed by atoms with Crippen LogP contribution < -0.4 is 10.1 Å². The fourth-order valence-electron chi connectivity index (χ4n) is 5.57. The summed E-state index contributed by atoms with van der Waals surface area (Å²) < 4.78 is 12.6. The average molecular weight is 801 g/mol. The molecule has 2 N–H and O–H groups in total. The maximum absolute atomic E-state index is 13.6. The second-order valence-electron chi connectivity index (χ2n) is 13.1. The molecule has 0 unspecified atom stereocenters. The fraction of sp³-hybridized carbons (Fsp3) is 0.429. The standard InChI is InChI=1S/C35H41IN6O6S/c1-34(2,12-18-48-35(3,4)11-13-36)40-30(44)31-39-24(21-49-31)27-28-26(25(47-5)20-38-27)23(19-37-28)29(43)33(46)42-16-14-41(15-17-42)32(45)22-9-7-6-8-10-22/h6-10,19-21,37H,11-18H2,1-5H3,(H,40,44). The van der Waals surface area contributed by atoms with E-state index in [0.717, 1.165) is 10.8 Å². The zero-order valence-corrected chi connectivity index (χ0v) is 31.3. The topological polar surface area (TPSA) is 147 Å². The molecule has 0 radical (unpaired) electrons.